The molecular formula is C19H33N3O4S. The number of anilines is 1. The molecule has 0 radical (unpaired) electrons. The topological polar surface area (TPSA) is 79.0 Å². The van der Waals surface area contributed by atoms with E-state index in [1.54, 1.807) is 11.0 Å². The van der Waals surface area contributed by atoms with Gasteiger partial charge < -0.3 is 19.3 Å². The van der Waals surface area contributed by atoms with Crippen LogP contribution in [0, 0.1) is 0 Å². The highest BCUT2D eigenvalue weighted by atomic mass is 32.2. The molecule has 0 aliphatic rings. The Kier molecular flexibility index (Phi) is 8.88. The average Bonchev–Trinajstić information content (AvgIpc) is 2.60. The molecule has 1 rings (SSSR count). The van der Waals surface area contributed by atoms with E-state index in [1.165, 1.54) is 0 Å². The molecule has 1 atom stereocenters. The summed E-state index contributed by atoms with van der Waals surface area (Å²) in [5.41, 5.74) is 1.54. The molecule has 0 bridgehead atoms. The van der Waals surface area contributed by atoms with E-state index in [-0.39, 0.29) is 24.4 Å². The first-order valence-corrected chi connectivity index (χ1v) is 11.3. The van der Waals surface area contributed by atoms with Crippen molar-refractivity contribution in [1.29, 1.82) is 0 Å². The van der Waals surface area contributed by atoms with Crippen molar-refractivity contribution in [3.8, 4) is 5.75 Å². The van der Waals surface area contributed by atoms with Gasteiger partial charge in [-0.2, -0.15) is 8.42 Å². The number of benzene rings is 1. The van der Waals surface area contributed by atoms with Crippen LogP contribution in [0.5, 0.6) is 5.75 Å². The smallest absolute Gasteiger partial charge is 0.317 e. The zero-order valence-electron chi connectivity index (χ0n) is 17.3. The molecule has 1 aromatic rings. The van der Waals surface area contributed by atoms with Gasteiger partial charge in [-0.15, -0.1) is 0 Å². The Morgan fingerprint density at radius 1 is 1.19 bits per heavy atom. The summed E-state index contributed by atoms with van der Waals surface area (Å²) in [5.74, 6) is 0.263. The SMILES string of the molecule is CCNC(=O)N(Cc1ccc(N(CC)CC)cc1OS(C)(=O)=O)C(C)CC. The van der Waals surface area contributed by atoms with E-state index < -0.39 is 10.1 Å². The Hall–Kier alpha value is -1.96. The largest absolute Gasteiger partial charge is 0.382 e. The lowest BCUT2D eigenvalue weighted by Gasteiger charge is -2.30. The van der Waals surface area contributed by atoms with Crippen molar-refractivity contribution in [2.75, 3.05) is 30.8 Å². The highest BCUT2D eigenvalue weighted by Crippen LogP contribution is 2.29. The summed E-state index contributed by atoms with van der Waals surface area (Å²) in [5, 5.41) is 2.82. The first-order valence-electron chi connectivity index (χ1n) is 9.48. The van der Waals surface area contributed by atoms with E-state index in [0.29, 0.717) is 12.1 Å². The molecule has 0 aliphatic carbocycles. The minimum atomic E-state index is -3.69. The third-order valence-electron chi connectivity index (χ3n) is 4.47. The first kappa shape index (κ1) is 23.1. The number of amides is 2. The minimum Gasteiger partial charge on any atom is -0.382 e. The molecule has 7 nitrogen and oxygen atoms in total. The highest BCUT2D eigenvalue weighted by molar-refractivity contribution is 7.86. The van der Waals surface area contributed by atoms with E-state index in [4.69, 9.17) is 4.18 Å². The van der Waals surface area contributed by atoms with Crippen LogP contribution in [0.25, 0.3) is 0 Å². The van der Waals surface area contributed by atoms with E-state index in [2.05, 4.69) is 10.2 Å². The molecule has 1 N–H and O–H groups in total. The van der Waals surface area contributed by atoms with Gasteiger partial charge in [-0.25, -0.2) is 4.79 Å². The van der Waals surface area contributed by atoms with Gasteiger partial charge in [-0.3, -0.25) is 0 Å². The number of rotatable bonds is 10. The lowest BCUT2D eigenvalue weighted by atomic mass is 10.1. The summed E-state index contributed by atoms with van der Waals surface area (Å²) in [4.78, 5) is 16.3. The zero-order valence-corrected chi connectivity index (χ0v) is 18.1. The average molecular weight is 400 g/mol. The second kappa shape index (κ2) is 10.4. The van der Waals surface area contributed by atoms with Crippen LogP contribution in [0.15, 0.2) is 18.2 Å². The fraction of sp³-hybridized carbons (Fsp3) is 0.632. The van der Waals surface area contributed by atoms with Crippen molar-refractivity contribution in [3.63, 3.8) is 0 Å². The summed E-state index contributed by atoms with van der Waals surface area (Å²) < 4.78 is 28.8. The molecule has 2 amide bonds. The van der Waals surface area contributed by atoms with Crippen LogP contribution in [-0.2, 0) is 16.7 Å². The molecule has 0 aliphatic heterocycles. The van der Waals surface area contributed by atoms with Crippen molar-refractivity contribution in [2.45, 2.75) is 53.6 Å². The number of carbonyl (C=O) groups is 1. The quantitative estimate of drug-likeness (QED) is 0.611. The third kappa shape index (κ3) is 6.93. The molecule has 1 unspecified atom stereocenters. The summed E-state index contributed by atoms with van der Waals surface area (Å²) >= 11 is 0. The first-order chi connectivity index (χ1) is 12.7. The molecule has 8 heteroatoms. The predicted molar refractivity (Wildman–Crippen MR) is 110 cm³/mol. The van der Waals surface area contributed by atoms with Gasteiger partial charge in [0.15, 0.2) is 0 Å². The third-order valence-corrected chi connectivity index (χ3v) is 4.96. The van der Waals surface area contributed by atoms with Gasteiger partial charge in [-0.1, -0.05) is 13.0 Å². The van der Waals surface area contributed by atoms with Crippen LogP contribution in [0.2, 0.25) is 0 Å². The van der Waals surface area contributed by atoms with Crippen molar-refractivity contribution in [2.24, 2.45) is 0 Å². The van der Waals surface area contributed by atoms with Gasteiger partial charge in [0.1, 0.15) is 5.75 Å². The van der Waals surface area contributed by atoms with E-state index in [9.17, 15) is 13.2 Å². The molecule has 0 saturated carbocycles. The number of nitrogens with one attached hydrogen (secondary N) is 1. The van der Waals surface area contributed by atoms with Crippen molar-refractivity contribution >= 4 is 21.8 Å². The fourth-order valence-corrected chi connectivity index (χ4v) is 3.27. The Bertz CT molecular complexity index is 718. The molecule has 27 heavy (non-hydrogen) atoms. The fourth-order valence-electron chi connectivity index (χ4n) is 2.78. The Morgan fingerprint density at radius 2 is 1.81 bits per heavy atom. The predicted octanol–water partition coefficient (Wildman–Crippen LogP) is 3.20. The normalized spacial score (nSPS) is 12.4. The number of hydrogen-bond donors (Lipinski definition) is 1. The number of nitrogens with zero attached hydrogens (tertiary/aromatic N) is 2. The van der Waals surface area contributed by atoms with E-state index in [0.717, 1.165) is 31.5 Å². The van der Waals surface area contributed by atoms with Crippen LogP contribution in [0.4, 0.5) is 10.5 Å². The van der Waals surface area contributed by atoms with E-state index >= 15 is 0 Å². The Labute approximate surface area is 163 Å². The summed E-state index contributed by atoms with van der Waals surface area (Å²) in [7, 11) is -3.69. The highest BCUT2D eigenvalue weighted by Gasteiger charge is 2.22. The second-order valence-electron chi connectivity index (χ2n) is 6.47. The van der Waals surface area contributed by atoms with E-state index in [1.807, 2.05) is 46.8 Å². The van der Waals surface area contributed by atoms with Gasteiger partial charge in [0.05, 0.1) is 12.8 Å². The number of carbonyl (C=O) groups excluding carboxylic acids is 1. The monoisotopic (exact) mass is 399 g/mol. The van der Waals surface area contributed by atoms with Crippen molar-refractivity contribution in [3.05, 3.63) is 23.8 Å². The molecule has 0 saturated heterocycles. The maximum absolute atomic E-state index is 12.5. The molecular weight excluding hydrogens is 366 g/mol. The standard InChI is InChI=1S/C19H33N3O4S/c1-7-15(5)22(19(23)20-8-2)14-16-11-12-17(21(9-3)10-4)13-18(16)26-27(6,24)25/h11-13,15H,7-10,14H2,1-6H3,(H,20,23). The van der Waals surface area contributed by atoms with Crippen LogP contribution < -0.4 is 14.4 Å². The van der Waals surface area contributed by atoms with Gasteiger partial charge in [0.25, 0.3) is 0 Å². The van der Waals surface area contributed by atoms with Crippen LogP contribution >= 0.6 is 0 Å². The summed E-state index contributed by atoms with van der Waals surface area (Å²) in [6, 6.07) is 5.33. The maximum atomic E-state index is 12.5. The summed E-state index contributed by atoms with van der Waals surface area (Å²) in [6.07, 6.45) is 1.81. The second-order valence-corrected chi connectivity index (χ2v) is 8.05. The van der Waals surface area contributed by atoms with Crippen LogP contribution in [-0.4, -0.2) is 51.3 Å². The molecule has 0 spiro atoms. The van der Waals surface area contributed by atoms with Crippen molar-refractivity contribution < 1.29 is 17.4 Å². The number of hydrogen-bond acceptors (Lipinski definition) is 5. The zero-order chi connectivity index (χ0) is 20.6. The minimum absolute atomic E-state index is 0.00472. The lowest BCUT2D eigenvalue weighted by Crippen LogP contribution is -2.44. The van der Waals surface area contributed by atoms with Gasteiger partial charge in [0.2, 0.25) is 0 Å². The van der Waals surface area contributed by atoms with Gasteiger partial charge in [-0.05, 0) is 40.2 Å². The molecule has 154 valence electrons. The maximum Gasteiger partial charge on any atom is 0.317 e. The van der Waals surface area contributed by atoms with Crippen LogP contribution in [0.1, 0.15) is 46.6 Å². The van der Waals surface area contributed by atoms with Crippen LogP contribution in [0.3, 0.4) is 0 Å². The Balaban J connectivity index is 3.31. The molecule has 0 fully saturated rings. The molecule has 0 aromatic heterocycles. The molecule has 1 aromatic carbocycles. The van der Waals surface area contributed by atoms with Gasteiger partial charge in [0, 0.05) is 43.0 Å². The van der Waals surface area contributed by atoms with Crippen molar-refractivity contribution in [1.82, 2.24) is 10.2 Å². The van der Waals surface area contributed by atoms with Gasteiger partial charge >= 0.3 is 16.1 Å². The molecule has 0 heterocycles. The Morgan fingerprint density at radius 3 is 2.30 bits per heavy atom. The lowest BCUT2D eigenvalue weighted by molar-refractivity contribution is 0.173. The number of urea groups is 1. The summed E-state index contributed by atoms with van der Waals surface area (Å²) in [6.45, 7) is 12.3.